The van der Waals surface area contributed by atoms with Gasteiger partial charge in [-0.2, -0.15) is 0 Å². The van der Waals surface area contributed by atoms with Crippen LogP contribution in [0.25, 0.3) is 0 Å². The standard InChI is InChI=1S/C19H28N4O3/c24-16-5-4-12-26-19(16)6-10-22(11-7-19)17-14-20-13-15(21-17)18(25)23-8-2-1-3-9-23/h13-14,16,24H,1-12H2. The number of hydrogen-bond donors (Lipinski definition) is 1. The van der Waals surface area contributed by atoms with E-state index in [-0.39, 0.29) is 12.0 Å². The summed E-state index contributed by atoms with van der Waals surface area (Å²) in [6, 6.07) is 0. The van der Waals surface area contributed by atoms with Gasteiger partial charge in [0.2, 0.25) is 0 Å². The molecule has 7 nitrogen and oxygen atoms in total. The molecular weight excluding hydrogens is 332 g/mol. The van der Waals surface area contributed by atoms with Crippen molar-refractivity contribution in [3.8, 4) is 0 Å². The van der Waals surface area contributed by atoms with Crippen molar-refractivity contribution < 1.29 is 14.6 Å². The number of aliphatic hydroxyl groups excluding tert-OH is 1. The SMILES string of the molecule is O=C(c1cncc(N2CCC3(CC2)OCCCC3O)n1)N1CCCCC1. The highest BCUT2D eigenvalue weighted by atomic mass is 16.5. The highest BCUT2D eigenvalue weighted by Gasteiger charge is 2.43. The maximum atomic E-state index is 12.7. The lowest BCUT2D eigenvalue weighted by atomic mass is 9.82. The van der Waals surface area contributed by atoms with E-state index in [9.17, 15) is 9.90 Å². The lowest BCUT2D eigenvalue weighted by molar-refractivity contribution is -0.164. The third-order valence-corrected chi connectivity index (χ3v) is 6.04. The van der Waals surface area contributed by atoms with E-state index in [0.29, 0.717) is 5.69 Å². The smallest absolute Gasteiger partial charge is 0.274 e. The number of piperidine rings is 2. The first-order valence-corrected chi connectivity index (χ1v) is 9.86. The Morgan fingerprint density at radius 3 is 2.62 bits per heavy atom. The van der Waals surface area contributed by atoms with Gasteiger partial charge >= 0.3 is 0 Å². The van der Waals surface area contributed by atoms with Gasteiger partial charge in [-0.05, 0) is 44.9 Å². The van der Waals surface area contributed by atoms with Crippen molar-refractivity contribution in [2.24, 2.45) is 0 Å². The minimum absolute atomic E-state index is 0.0152. The first-order chi connectivity index (χ1) is 12.7. The van der Waals surface area contributed by atoms with E-state index in [2.05, 4.69) is 14.9 Å². The third-order valence-electron chi connectivity index (χ3n) is 6.04. The largest absolute Gasteiger partial charge is 0.390 e. The van der Waals surface area contributed by atoms with E-state index in [0.717, 1.165) is 77.1 Å². The molecule has 0 saturated carbocycles. The minimum atomic E-state index is -0.399. The minimum Gasteiger partial charge on any atom is -0.390 e. The van der Waals surface area contributed by atoms with Crippen molar-refractivity contribution in [1.82, 2.24) is 14.9 Å². The molecule has 1 N–H and O–H groups in total. The van der Waals surface area contributed by atoms with Crippen molar-refractivity contribution in [2.45, 2.75) is 56.7 Å². The maximum Gasteiger partial charge on any atom is 0.274 e. The lowest BCUT2D eigenvalue weighted by Gasteiger charge is -2.47. The quantitative estimate of drug-likeness (QED) is 0.863. The number of hydrogen-bond acceptors (Lipinski definition) is 6. The Hall–Kier alpha value is -1.73. The Kier molecular flexibility index (Phi) is 5.09. The van der Waals surface area contributed by atoms with Crippen LogP contribution < -0.4 is 4.90 Å². The van der Waals surface area contributed by atoms with Crippen LogP contribution in [0.4, 0.5) is 5.82 Å². The molecule has 1 aromatic heterocycles. The molecule has 0 bridgehead atoms. The van der Waals surface area contributed by atoms with Gasteiger partial charge in [0.1, 0.15) is 11.5 Å². The number of carbonyl (C=O) groups excluding carboxylic acids is 1. The molecule has 1 spiro atoms. The summed E-state index contributed by atoms with van der Waals surface area (Å²) in [5.41, 5.74) is 0.0299. The van der Waals surface area contributed by atoms with E-state index in [1.165, 1.54) is 6.42 Å². The number of rotatable bonds is 2. The second-order valence-electron chi connectivity index (χ2n) is 7.67. The second-order valence-corrected chi connectivity index (χ2v) is 7.67. The zero-order chi connectivity index (χ0) is 18.0. The predicted octanol–water partition coefficient (Wildman–Crippen LogP) is 1.61. The van der Waals surface area contributed by atoms with Gasteiger partial charge in [0.15, 0.2) is 0 Å². The Labute approximate surface area is 154 Å². The molecule has 26 heavy (non-hydrogen) atoms. The van der Waals surface area contributed by atoms with Crippen LogP contribution in [0.2, 0.25) is 0 Å². The molecule has 0 aromatic carbocycles. The van der Waals surface area contributed by atoms with Gasteiger partial charge in [-0.25, -0.2) is 4.98 Å². The molecule has 0 radical (unpaired) electrons. The van der Waals surface area contributed by atoms with Crippen molar-refractivity contribution in [2.75, 3.05) is 37.7 Å². The molecule has 142 valence electrons. The van der Waals surface area contributed by atoms with Gasteiger partial charge < -0.3 is 19.6 Å². The lowest BCUT2D eigenvalue weighted by Crippen LogP contribution is -2.55. The number of likely N-dealkylation sites (tertiary alicyclic amines) is 1. The molecule has 4 rings (SSSR count). The monoisotopic (exact) mass is 360 g/mol. The normalized spacial score (nSPS) is 26.1. The van der Waals surface area contributed by atoms with Gasteiger partial charge in [-0.3, -0.25) is 9.78 Å². The Morgan fingerprint density at radius 1 is 1.12 bits per heavy atom. The number of nitrogens with zero attached hydrogens (tertiary/aromatic N) is 4. The summed E-state index contributed by atoms with van der Waals surface area (Å²) < 4.78 is 5.97. The van der Waals surface area contributed by atoms with Crippen LogP contribution in [0.15, 0.2) is 12.4 Å². The van der Waals surface area contributed by atoms with Crippen LogP contribution in [-0.2, 0) is 4.74 Å². The second kappa shape index (κ2) is 7.48. The summed E-state index contributed by atoms with van der Waals surface area (Å²) in [6.07, 6.45) is 9.54. The van der Waals surface area contributed by atoms with Gasteiger partial charge in [-0.1, -0.05) is 0 Å². The Balaban J connectivity index is 1.43. The average Bonchev–Trinajstić information content (AvgIpc) is 2.71. The molecular formula is C19H28N4O3. The molecule has 1 amide bonds. The van der Waals surface area contributed by atoms with E-state index in [1.54, 1.807) is 12.4 Å². The fourth-order valence-electron chi connectivity index (χ4n) is 4.37. The summed E-state index contributed by atoms with van der Waals surface area (Å²) in [5.74, 6) is 0.728. The van der Waals surface area contributed by atoms with E-state index >= 15 is 0 Å². The first kappa shape index (κ1) is 17.7. The zero-order valence-electron chi connectivity index (χ0n) is 15.3. The molecule has 1 aromatic rings. The van der Waals surface area contributed by atoms with Crippen LogP contribution in [0.1, 0.15) is 55.4 Å². The summed E-state index contributed by atoms with van der Waals surface area (Å²) in [6.45, 7) is 3.87. The zero-order valence-corrected chi connectivity index (χ0v) is 15.3. The van der Waals surface area contributed by atoms with Crippen molar-refractivity contribution in [3.05, 3.63) is 18.1 Å². The highest BCUT2D eigenvalue weighted by Crippen LogP contribution is 2.36. The molecule has 3 saturated heterocycles. The molecule has 4 heterocycles. The van der Waals surface area contributed by atoms with Crippen LogP contribution in [0, 0.1) is 0 Å². The van der Waals surface area contributed by atoms with Gasteiger partial charge in [0.25, 0.3) is 5.91 Å². The summed E-state index contributed by atoms with van der Waals surface area (Å²) in [7, 11) is 0. The fraction of sp³-hybridized carbons (Fsp3) is 0.737. The number of carbonyl (C=O) groups is 1. The Morgan fingerprint density at radius 2 is 1.88 bits per heavy atom. The van der Waals surface area contributed by atoms with Crippen LogP contribution in [0.5, 0.6) is 0 Å². The van der Waals surface area contributed by atoms with E-state index in [4.69, 9.17) is 4.74 Å². The Bertz CT molecular complexity index is 639. The summed E-state index contributed by atoms with van der Waals surface area (Å²) in [5, 5.41) is 10.4. The fourth-order valence-corrected chi connectivity index (χ4v) is 4.37. The van der Waals surface area contributed by atoms with Gasteiger partial charge in [0.05, 0.1) is 24.1 Å². The van der Waals surface area contributed by atoms with Crippen LogP contribution >= 0.6 is 0 Å². The molecule has 3 fully saturated rings. The van der Waals surface area contributed by atoms with E-state index in [1.807, 2.05) is 4.90 Å². The highest BCUT2D eigenvalue weighted by molar-refractivity contribution is 5.92. The van der Waals surface area contributed by atoms with Crippen molar-refractivity contribution in [1.29, 1.82) is 0 Å². The number of amides is 1. The first-order valence-electron chi connectivity index (χ1n) is 9.86. The molecule has 7 heteroatoms. The van der Waals surface area contributed by atoms with E-state index < -0.39 is 5.60 Å². The topological polar surface area (TPSA) is 78.8 Å². The van der Waals surface area contributed by atoms with Crippen molar-refractivity contribution >= 4 is 11.7 Å². The predicted molar refractivity (Wildman–Crippen MR) is 97.2 cm³/mol. The average molecular weight is 360 g/mol. The summed E-state index contributed by atoms with van der Waals surface area (Å²) in [4.78, 5) is 25.6. The molecule has 1 unspecified atom stereocenters. The van der Waals surface area contributed by atoms with Gasteiger partial charge in [-0.15, -0.1) is 0 Å². The summed E-state index contributed by atoms with van der Waals surface area (Å²) >= 11 is 0. The van der Waals surface area contributed by atoms with Crippen LogP contribution in [0.3, 0.4) is 0 Å². The maximum absolute atomic E-state index is 12.7. The third kappa shape index (κ3) is 3.42. The molecule has 1 atom stereocenters. The van der Waals surface area contributed by atoms with Crippen LogP contribution in [-0.4, -0.2) is 70.4 Å². The number of aromatic nitrogens is 2. The molecule has 3 aliphatic rings. The van der Waals surface area contributed by atoms with Gasteiger partial charge in [0, 0.05) is 32.8 Å². The molecule has 3 aliphatic heterocycles. The molecule has 0 aliphatic carbocycles. The number of anilines is 1. The van der Waals surface area contributed by atoms with Crippen molar-refractivity contribution in [3.63, 3.8) is 0 Å². The number of aliphatic hydroxyl groups is 1. The number of ether oxygens (including phenoxy) is 1.